The van der Waals surface area contributed by atoms with Crippen molar-refractivity contribution in [3.8, 4) is 0 Å². The van der Waals surface area contributed by atoms with Crippen molar-refractivity contribution in [3.63, 3.8) is 0 Å². The molecule has 2 aliphatic heterocycles. The third kappa shape index (κ3) is 5.27. The van der Waals surface area contributed by atoms with Gasteiger partial charge in [0, 0.05) is 26.3 Å². The normalized spacial score (nSPS) is 16.4. The van der Waals surface area contributed by atoms with Crippen LogP contribution in [0, 0.1) is 15.9 Å². The maximum atomic E-state index is 14.7. The molecular weight excluding hydrogens is 645 g/mol. The van der Waals surface area contributed by atoms with Gasteiger partial charge in [0.25, 0.3) is 15.6 Å². The van der Waals surface area contributed by atoms with Crippen molar-refractivity contribution in [2.45, 2.75) is 55.6 Å². The van der Waals surface area contributed by atoms with E-state index >= 15 is 0 Å². The highest BCUT2D eigenvalue weighted by Crippen LogP contribution is 2.38. The lowest BCUT2D eigenvalue weighted by Gasteiger charge is -2.32. The zero-order valence-electron chi connectivity index (χ0n) is 27.1. The molecule has 1 atom stereocenters. The van der Waals surface area contributed by atoms with Crippen LogP contribution in [-0.4, -0.2) is 22.4 Å². The molecule has 4 aromatic carbocycles. The number of anilines is 3. The summed E-state index contributed by atoms with van der Waals surface area (Å²) in [5.41, 5.74) is 0.363. The summed E-state index contributed by atoms with van der Waals surface area (Å²) in [4.78, 5) is 33.6. The van der Waals surface area contributed by atoms with Gasteiger partial charge in [0.05, 0.1) is 43.2 Å². The number of hydrogen-bond acceptors (Lipinski definition) is 8. The summed E-state index contributed by atoms with van der Waals surface area (Å²) in [6.45, 7) is 10.1. The van der Waals surface area contributed by atoms with Crippen LogP contribution >= 0.6 is 0 Å². The molecule has 4 aromatic rings. The Morgan fingerprint density at radius 1 is 0.812 bits per heavy atom. The van der Waals surface area contributed by atoms with E-state index in [9.17, 15) is 22.2 Å². The lowest BCUT2D eigenvalue weighted by Crippen LogP contribution is -2.43. The van der Waals surface area contributed by atoms with Crippen LogP contribution in [0.25, 0.3) is 27.5 Å². The Hall–Kier alpha value is -4.87. The SMILES string of the molecule is CC(C)(C)CC(C)(C)S(=O)c1cc(Nc2ccccc2)c2c3c1nc(=O)c(=C1Nc4ccccc4S(=O)(=O)N1)c=3c1ccccc1c2=O. The van der Waals surface area contributed by atoms with Crippen LogP contribution < -0.4 is 31.6 Å². The van der Waals surface area contributed by atoms with E-state index in [1.807, 2.05) is 44.2 Å². The van der Waals surface area contributed by atoms with Crippen molar-refractivity contribution in [1.29, 1.82) is 0 Å². The van der Waals surface area contributed by atoms with Gasteiger partial charge in [-0.1, -0.05) is 75.4 Å². The molecule has 3 aliphatic rings. The smallest absolute Gasteiger partial charge is 0.281 e. The number of hydrogen-bond donors (Lipinski definition) is 3. The van der Waals surface area contributed by atoms with Crippen LogP contribution in [0.5, 0.6) is 0 Å². The third-order valence-electron chi connectivity index (χ3n) is 8.49. The number of para-hydroxylation sites is 2. The summed E-state index contributed by atoms with van der Waals surface area (Å²) in [6.07, 6.45) is 0.595. The Bertz CT molecular complexity index is 2660. The van der Waals surface area contributed by atoms with Crippen LogP contribution in [0.4, 0.5) is 17.1 Å². The van der Waals surface area contributed by atoms with E-state index in [1.165, 1.54) is 6.07 Å². The Morgan fingerprint density at radius 3 is 2.17 bits per heavy atom. The van der Waals surface area contributed by atoms with Gasteiger partial charge in [-0.15, -0.1) is 0 Å². The van der Waals surface area contributed by atoms with E-state index in [4.69, 9.17) is 0 Å². The summed E-state index contributed by atoms with van der Waals surface area (Å²) in [7, 11) is -5.76. The van der Waals surface area contributed by atoms with Crippen LogP contribution in [0.2, 0.25) is 0 Å². The standard InChI is InChI=1S/C37H34N4O5S2/c1-36(2,3)20-37(4,5)47(44)26-19-25(38-21-13-7-6-8-14-21)29-30-28(22-15-9-10-16-23(22)33(29)42)31(35(43)40-32(26)30)34-39-24-17-11-12-18-27(24)48(45,46)41-34/h6-19,38-39,41H,20H2,1-5H3. The summed E-state index contributed by atoms with van der Waals surface area (Å²) < 4.78 is 43.4. The molecule has 11 heteroatoms. The number of rotatable bonds is 5. The molecule has 244 valence electrons. The second-order valence-corrected chi connectivity index (χ2v) is 17.7. The second-order valence-electron chi connectivity index (χ2n) is 13.9. The average molecular weight is 679 g/mol. The van der Waals surface area contributed by atoms with Crippen molar-refractivity contribution in [2.75, 3.05) is 10.6 Å². The Labute approximate surface area is 279 Å². The molecule has 7 rings (SSSR count). The largest absolute Gasteiger partial charge is 0.355 e. The van der Waals surface area contributed by atoms with Crippen molar-refractivity contribution in [1.82, 2.24) is 9.71 Å². The Morgan fingerprint density at radius 2 is 1.46 bits per heavy atom. The summed E-state index contributed by atoms with van der Waals surface area (Å²) >= 11 is 0. The predicted molar refractivity (Wildman–Crippen MR) is 192 cm³/mol. The highest BCUT2D eigenvalue weighted by molar-refractivity contribution is 7.90. The molecular formula is C37H34N4O5S2. The fourth-order valence-corrected chi connectivity index (χ4v) is 9.89. The van der Waals surface area contributed by atoms with Crippen molar-refractivity contribution in [2.24, 2.45) is 5.41 Å². The van der Waals surface area contributed by atoms with Gasteiger partial charge >= 0.3 is 0 Å². The minimum atomic E-state index is -4.07. The van der Waals surface area contributed by atoms with Gasteiger partial charge in [0.2, 0.25) is 0 Å². The first-order valence-corrected chi connectivity index (χ1v) is 18.2. The van der Waals surface area contributed by atoms with E-state index in [0.717, 1.165) is 0 Å². The summed E-state index contributed by atoms with van der Waals surface area (Å²) in [5, 5.41) is 8.16. The number of fused-ring (bicyclic) bond motifs is 3. The Balaban J connectivity index is 1.72. The van der Waals surface area contributed by atoms with Crippen molar-refractivity contribution < 1.29 is 12.6 Å². The number of sulfonamides is 1. The molecule has 2 heterocycles. The van der Waals surface area contributed by atoms with Gasteiger partial charge in [-0.25, -0.2) is 13.4 Å². The van der Waals surface area contributed by atoms with E-state index in [0.29, 0.717) is 49.6 Å². The van der Waals surface area contributed by atoms with Gasteiger partial charge < -0.3 is 10.6 Å². The molecule has 1 aliphatic carbocycles. The molecule has 9 nitrogen and oxygen atoms in total. The number of nitrogens with one attached hydrogen (secondary N) is 3. The minimum absolute atomic E-state index is 0.0352. The zero-order valence-corrected chi connectivity index (χ0v) is 28.7. The molecule has 0 bridgehead atoms. The summed E-state index contributed by atoms with van der Waals surface area (Å²) in [6, 6.07) is 24.3. The van der Waals surface area contributed by atoms with Crippen LogP contribution in [0.3, 0.4) is 0 Å². The van der Waals surface area contributed by atoms with Gasteiger partial charge in [0.1, 0.15) is 10.7 Å². The van der Waals surface area contributed by atoms with E-state index in [2.05, 4.69) is 41.1 Å². The third-order valence-corrected chi connectivity index (χ3v) is 11.8. The fraction of sp³-hybridized carbons (Fsp3) is 0.216. The highest BCUT2D eigenvalue weighted by Gasteiger charge is 2.35. The van der Waals surface area contributed by atoms with Crippen LogP contribution in [0.1, 0.15) is 41.0 Å². The number of nitrogens with zero attached hydrogens (tertiary/aromatic N) is 1. The van der Waals surface area contributed by atoms with E-state index in [-0.39, 0.29) is 37.7 Å². The van der Waals surface area contributed by atoms with Gasteiger partial charge in [-0.3, -0.25) is 18.5 Å². The fourth-order valence-electron chi connectivity index (χ4n) is 6.99. The maximum absolute atomic E-state index is 14.7. The van der Waals surface area contributed by atoms with E-state index < -0.39 is 31.1 Å². The van der Waals surface area contributed by atoms with Crippen molar-refractivity contribution in [3.05, 3.63) is 121 Å². The number of benzene rings is 4. The first kappa shape index (κ1) is 31.7. The van der Waals surface area contributed by atoms with Gasteiger partial charge in [-0.2, -0.15) is 0 Å². The molecule has 48 heavy (non-hydrogen) atoms. The first-order chi connectivity index (χ1) is 22.7. The Kier molecular flexibility index (Phi) is 7.33. The van der Waals surface area contributed by atoms with E-state index in [1.54, 1.807) is 48.5 Å². The molecule has 1 unspecified atom stereocenters. The summed E-state index contributed by atoms with van der Waals surface area (Å²) in [5.74, 6) is -0.0737. The highest BCUT2D eigenvalue weighted by atomic mass is 32.2. The van der Waals surface area contributed by atoms with Crippen LogP contribution in [0.15, 0.2) is 104 Å². The molecule has 0 aromatic heterocycles. The minimum Gasteiger partial charge on any atom is -0.355 e. The number of aromatic nitrogens is 1. The quantitative estimate of drug-likeness (QED) is 0.217. The molecule has 0 amide bonds. The molecule has 0 saturated carbocycles. The molecule has 0 fully saturated rings. The lowest BCUT2D eigenvalue weighted by molar-refractivity contribution is 0.335. The molecule has 0 radical (unpaired) electrons. The molecule has 0 saturated heterocycles. The monoisotopic (exact) mass is 678 g/mol. The van der Waals surface area contributed by atoms with Gasteiger partial charge in [0.15, 0.2) is 5.43 Å². The second kappa shape index (κ2) is 11.1. The molecule has 3 N–H and O–H groups in total. The van der Waals surface area contributed by atoms with Gasteiger partial charge in [-0.05, 0) is 61.4 Å². The lowest BCUT2D eigenvalue weighted by atomic mass is 9.86. The van der Waals surface area contributed by atoms with Crippen LogP contribution in [-0.2, 0) is 20.8 Å². The topological polar surface area (TPSA) is 134 Å². The molecule has 0 spiro atoms. The zero-order chi connectivity index (χ0) is 34.2. The maximum Gasteiger partial charge on any atom is 0.281 e. The first-order valence-electron chi connectivity index (χ1n) is 15.5. The average Bonchev–Trinajstić information content (AvgIpc) is 3.02. The predicted octanol–water partition coefficient (Wildman–Crippen LogP) is 5.53. The van der Waals surface area contributed by atoms with Crippen molar-refractivity contribution >= 4 is 65.4 Å².